The molecule has 1 atom stereocenters. The van der Waals surface area contributed by atoms with Gasteiger partial charge in [0.1, 0.15) is 17.5 Å². The molecule has 0 saturated carbocycles. The molecule has 3 amide bonds. The van der Waals surface area contributed by atoms with Crippen molar-refractivity contribution in [3.8, 4) is 5.75 Å². The van der Waals surface area contributed by atoms with Gasteiger partial charge in [0.15, 0.2) is 0 Å². The van der Waals surface area contributed by atoms with E-state index in [2.05, 4.69) is 5.32 Å². The molecule has 1 N–H and O–H groups in total. The fourth-order valence-electron chi connectivity index (χ4n) is 3.00. The zero-order valence-electron chi connectivity index (χ0n) is 17.3. The molecule has 2 aliphatic rings. The number of nitrogens with one attached hydrogen (secondary N) is 1. The highest BCUT2D eigenvalue weighted by Crippen LogP contribution is 2.28. The highest BCUT2D eigenvalue weighted by atomic mass is 16.6. The molecule has 1 aromatic carbocycles. The Balaban J connectivity index is 0.00000136. The van der Waals surface area contributed by atoms with Crippen molar-refractivity contribution in [2.45, 2.75) is 65.1 Å². The van der Waals surface area contributed by atoms with E-state index in [0.717, 1.165) is 5.56 Å². The van der Waals surface area contributed by atoms with Crippen LogP contribution in [0, 0.1) is 0 Å². The third kappa shape index (κ3) is 5.71. The zero-order valence-corrected chi connectivity index (χ0v) is 17.3. The van der Waals surface area contributed by atoms with Gasteiger partial charge in [-0.05, 0) is 44.9 Å². The second-order valence-electron chi connectivity index (χ2n) is 7.70. The van der Waals surface area contributed by atoms with Gasteiger partial charge in [0.05, 0.1) is 19.0 Å². The van der Waals surface area contributed by atoms with Crippen molar-refractivity contribution < 1.29 is 23.9 Å². The quantitative estimate of drug-likeness (QED) is 0.801. The standard InChI is InChI=1S/C19H24N2O5.C2H6/c1-19(2,3)26-18(24)21-10-14(11-21)25-13-6-4-5-12(9-13)15-7-8-16(22)20-17(15)23;1-2/h4-6,9,14-15H,7-8,10-11H2,1-3H3,(H,20,22,23);1-2H3. The number of hydrogen-bond acceptors (Lipinski definition) is 5. The summed E-state index contributed by atoms with van der Waals surface area (Å²) in [5.41, 5.74) is 0.315. The van der Waals surface area contributed by atoms with Crippen LogP contribution in [0.3, 0.4) is 0 Å². The minimum Gasteiger partial charge on any atom is -0.487 e. The molecule has 3 rings (SSSR count). The fraction of sp³-hybridized carbons (Fsp3) is 0.571. The number of carbonyl (C=O) groups is 3. The molecule has 7 heteroatoms. The molecule has 0 radical (unpaired) electrons. The number of hydrogen-bond donors (Lipinski definition) is 1. The average Bonchev–Trinajstić information content (AvgIpc) is 2.58. The molecule has 154 valence electrons. The van der Waals surface area contributed by atoms with Crippen molar-refractivity contribution in [2.75, 3.05) is 13.1 Å². The molecule has 7 nitrogen and oxygen atoms in total. The summed E-state index contributed by atoms with van der Waals surface area (Å²) in [6.07, 6.45) is 0.410. The Morgan fingerprint density at radius 2 is 1.86 bits per heavy atom. The number of carbonyl (C=O) groups excluding carboxylic acids is 3. The molecule has 2 saturated heterocycles. The Bertz CT molecular complexity index is 720. The monoisotopic (exact) mass is 390 g/mol. The van der Waals surface area contributed by atoms with Gasteiger partial charge in [-0.25, -0.2) is 4.79 Å². The highest BCUT2D eigenvalue weighted by Gasteiger charge is 2.35. The lowest BCUT2D eigenvalue weighted by atomic mass is 9.90. The largest absolute Gasteiger partial charge is 0.487 e. The lowest BCUT2D eigenvalue weighted by molar-refractivity contribution is -0.134. The molecular formula is C21H30N2O5. The van der Waals surface area contributed by atoms with Gasteiger partial charge in [-0.3, -0.25) is 14.9 Å². The molecule has 28 heavy (non-hydrogen) atoms. The molecule has 0 spiro atoms. The van der Waals surface area contributed by atoms with E-state index in [-0.39, 0.29) is 29.9 Å². The predicted molar refractivity (Wildman–Crippen MR) is 105 cm³/mol. The smallest absolute Gasteiger partial charge is 0.410 e. The first kappa shape index (κ1) is 21.7. The van der Waals surface area contributed by atoms with Crippen molar-refractivity contribution in [2.24, 2.45) is 0 Å². The van der Waals surface area contributed by atoms with Gasteiger partial charge >= 0.3 is 6.09 Å². The van der Waals surface area contributed by atoms with Gasteiger partial charge in [0, 0.05) is 6.42 Å². The summed E-state index contributed by atoms with van der Waals surface area (Å²) in [5, 5.41) is 2.37. The van der Waals surface area contributed by atoms with Crippen molar-refractivity contribution in [1.82, 2.24) is 10.2 Å². The molecule has 0 aromatic heterocycles. The molecule has 0 bridgehead atoms. The van der Waals surface area contributed by atoms with E-state index < -0.39 is 5.60 Å². The van der Waals surface area contributed by atoms with Crippen LogP contribution in [0.25, 0.3) is 0 Å². The van der Waals surface area contributed by atoms with Gasteiger partial charge in [0.25, 0.3) is 0 Å². The van der Waals surface area contributed by atoms with Gasteiger partial charge in [-0.2, -0.15) is 0 Å². The second-order valence-corrected chi connectivity index (χ2v) is 7.70. The van der Waals surface area contributed by atoms with Crippen LogP contribution in [0.5, 0.6) is 5.75 Å². The summed E-state index contributed by atoms with van der Waals surface area (Å²) in [6.45, 7) is 10.4. The first-order valence-corrected chi connectivity index (χ1v) is 9.79. The molecule has 0 aliphatic carbocycles. The summed E-state index contributed by atoms with van der Waals surface area (Å²) in [5.74, 6) is -0.176. The van der Waals surface area contributed by atoms with Gasteiger partial charge in [0.2, 0.25) is 11.8 Å². The number of rotatable bonds is 3. The Hall–Kier alpha value is -2.57. The number of imide groups is 1. The Morgan fingerprint density at radius 1 is 1.18 bits per heavy atom. The zero-order chi connectivity index (χ0) is 20.9. The van der Waals surface area contributed by atoms with E-state index in [1.807, 2.05) is 58.9 Å². The number of ether oxygens (including phenoxy) is 2. The van der Waals surface area contributed by atoms with Crippen LogP contribution in [0.2, 0.25) is 0 Å². The first-order chi connectivity index (χ1) is 13.2. The highest BCUT2D eigenvalue weighted by molar-refractivity contribution is 6.00. The number of piperidine rings is 1. The van der Waals surface area contributed by atoms with Crippen LogP contribution < -0.4 is 10.1 Å². The summed E-state index contributed by atoms with van der Waals surface area (Å²) in [6, 6.07) is 7.35. The minimum absolute atomic E-state index is 0.0977. The van der Waals surface area contributed by atoms with Crippen molar-refractivity contribution in [3.05, 3.63) is 29.8 Å². The number of nitrogens with zero attached hydrogens (tertiary/aromatic N) is 1. The normalized spacial score (nSPS) is 19.8. The lowest BCUT2D eigenvalue weighted by Crippen LogP contribution is -2.57. The second kappa shape index (κ2) is 9.08. The van der Waals surface area contributed by atoms with E-state index in [4.69, 9.17) is 9.47 Å². The van der Waals surface area contributed by atoms with E-state index in [1.54, 1.807) is 4.90 Å². The molecule has 2 heterocycles. The number of benzene rings is 1. The van der Waals surface area contributed by atoms with Crippen LogP contribution >= 0.6 is 0 Å². The minimum atomic E-state index is -0.515. The first-order valence-electron chi connectivity index (χ1n) is 9.79. The lowest BCUT2D eigenvalue weighted by Gasteiger charge is -2.39. The van der Waals surface area contributed by atoms with Gasteiger partial charge < -0.3 is 14.4 Å². The number of likely N-dealkylation sites (tertiary alicyclic amines) is 1. The van der Waals surface area contributed by atoms with Crippen LogP contribution in [-0.4, -0.2) is 47.6 Å². The Kier molecular flexibility index (Phi) is 7.05. The molecule has 1 unspecified atom stereocenters. The molecule has 2 fully saturated rings. The van der Waals surface area contributed by atoms with E-state index in [0.29, 0.717) is 31.7 Å². The van der Waals surface area contributed by atoms with Crippen molar-refractivity contribution in [1.29, 1.82) is 0 Å². The van der Waals surface area contributed by atoms with Gasteiger partial charge in [-0.15, -0.1) is 0 Å². The molecule has 2 aliphatic heterocycles. The Labute approximate surface area is 166 Å². The Morgan fingerprint density at radius 3 is 2.46 bits per heavy atom. The van der Waals surface area contributed by atoms with Crippen LogP contribution in [0.4, 0.5) is 4.79 Å². The summed E-state index contributed by atoms with van der Waals surface area (Å²) in [4.78, 5) is 36.8. The van der Waals surface area contributed by atoms with Crippen molar-refractivity contribution in [3.63, 3.8) is 0 Å². The maximum Gasteiger partial charge on any atom is 0.410 e. The summed E-state index contributed by atoms with van der Waals surface area (Å²) >= 11 is 0. The van der Waals surface area contributed by atoms with Crippen LogP contribution in [0.15, 0.2) is 24.3 Å². The predicted octanol–water partition coefficient (Wildman–Crippen LogP) is 3.23. The summed E-state index contributed by atoms with van der Waals surface area (Å²) < 4.78 is 11.2. The van der Waals surface area contributed by atoms with Gasteiger partial charge in [-0.1, -0.05) is 26.0 Å². The third-order valence-corrected chi connectivity index (χ3v) is 4.30. The average molecular weight is 390 g/mol. The number of amides is 3. The van der Waals surface area contributed by atoms with Crippen LogP contribution in [0.1, 0.15) is 58.9 Å². The fourth-order valence-corrected chi connectivity index (χ4v) is 3.00. The maximum atomic E-state index is 12.0. The maximum absolute atomic E-state index is 12.0. The third-order valence-electron chi connectivity index (χ3n) is 4.30. The van der Waals surface area contributed by atoms with E-state index in [1.165, 1.54) is 0 Å². The SMILES string of the molecule is CC.CC(C)(C)OC(=O)N1CC(Oc2cccc(C3CCC(=O)NC3=O)c2)C1. The molecular weight excluding hydrogens is 360 g/mol. The van der Waals surface area contributed by atoms with Crippen LogP contribution in [-0.2, 0) is 14.3 Å². The topological polar surface area (TPSA) is 84.9 Å². The van der Waals surface area contributed by atoms with E-state index >= 15 is 0 Å². The van der Waals surface area contributed by atoms with E-state index in [9.17, 15) is 14.4 Å². The molecule has 1 aromatic rings. The van der Waals surface area contributed by atoms with Crippen molar-refractivity contribution >= 4 is 17.9 Å². The summed E-state index contributed by atoms with van der Waals surface area (Å²) in [7, 11) is 0.